The SMILES string of the molecule is O=C(NCCCOC1CCCC1)C1CCNC1. The zero-order valence-electron chi connectivity index (χ0n) is 10.5. The Bertz CT molecular complexity index is 234. The van der Waals surface area contributed by atoms with Gasteiger partial charge in [0.2, 0.25) is 5.91 Å². The maximum atomic E-state index is 11.7. The highest BCUT2D eigenvalue weighted by Gasteiger charge is 2.21. The largest absolute Gasteiger partial charge is 0.378 e. The summed E-state index contributed by atoms with van der Waals surface area (Å²) in [5.41, 5.74) is 0. The molecule has 1 amide bonds. The van der Waals surface area contributed by atoms with E-state index in [9.17, 15) is 4.79 Å². The summed E-state index contributed by atoms with van der Waals surface area (Å²) >= 11 is 0. The maximum absolute atomic E-state index is 11.7. The lowest BCUT2D eigenvalue weighted by Crippen LogP contribution is -2.33. The smallest absolute Gasteiger partial charge is 0.224 e. The third kappa shape index (κ3) is 4.28. The Morgan fingerprint density at radius 1 is 1.29 bits per heavy atom. The van der Waals surface area contributed by atoms with Gasteiger partial charge in [0.15, 0.2) is 0 Å². The Morgan fingerprint density at radius 3 is 2.82 bits per heavy atom. The van der Waals surface area contributed by atoms with Crippen LogP contribution in [-0.4, -0.2) is 38.3 Å². The minimum atomic E-state index is 0.186. The average molecular weight is 240 g/mol. The lowest BCUT2D eigenvalue weighted by Gasteiger charge is -2.12. The molecule has 0 aromatic carbocycles. The van der Waals surface area contributed by atoms with Crippen molar-refractivity contribution >= 4 is 5.91 Å². The quantitative estimate of drug-likeness (QED) is 0.683. The van der Waals surface area contributed by atoms with Gasteiger partial charge in [-0.2, -0.15) is 0 Å². The summed E-state index contributed by atoms with van der Waals surface area (Å²) < 4.78 is 5.75. The van der Waals surface area contributed by atoms with Crippen molar-refractivity contribution < 1.29 is 9.53 Å². The first-order valence-corrected chi connectivity index (χ1v) is 6.96. The van der Waals surface area contributed by atoms with Crippen LogP contribution in [0.25, 0.3) is 0 Å². The molecule has 1 saturated heterocycles. The summed E-state index contributed by atoms with van der Waals surface area (Å²) in [5.74, 6) is 0.390. The van der Waals surface area contributed by atoms with Gasteiger partial charge < -0.3 is 15.4 Å². The molecule has 0 bridgehead atoms. The average Bonchev–Trinajstić information content (AvgIpc) is 3.01. The van der Waals surface area contributed by atoms with Crippen LogP contribution in [0.5, 0.6) is 0 Å². The van der Waals surface area contributed by atoms with Gasteiger partial charge in [-0.1, -0.05) is 12.8 Å². The molecule has 4 heteroatoms. The van der Waals surface area contributed by atoms with Crippen LogP contribution in [0.4, 0.5) is 0 Å². The lowest BCUT2D eigenvalue weighted by atomic mass is 10.1. The molecule has 0 radical (unpaired) electrons. The minimum Gasteiger partial charge on any atom is -0.378 e. The number of ether oxygens (including phenoxy) is 1. The van der Waals surface area contributed by atoms with Crippen LogP contribution in [0.3, 0.4) is 0 Å². The van der Waals surface area contributed by atoms with Crippen molar-refractivity contribution in [3.05, 3.63) is 0 Å². The second-order valence-electron chi connectivity index (χ2n) is 5.11. The number of rotatable bonds is 6. The second kappa shape index (κ2) is 6.97. The van der Waals surface area contributed by atoms with Gasteiger partial charge in [0.05, 0.1) is 12.0 Å². The van der Waals surface area contributed by atoms with Gasteiger partial charge in [-0.05, 0) is 32.2 Å². The number of amides is 1. The Hall–Kier alpha value is -0.610. The molecule has 2 rings (SSSR count). The molecule has 17 heavy (non-hydrogen) atoms. The zero-order chi connectivity index (χ0) is 11.9. The van der Waals surface area contributed by atoms with Gasteiger partial charge in [0.25, 0.3) is 0 Å². The normalized spacial score (nSPS) is 25.3. The molecule has 1 atom stereocenters. The van der Waals surface area contributed by atoms with Crippen LogP contribution in [0.1, 0.15) is 38.5 Å². The number of carbonyl (C=O) groups excluding carboxylic acids is 1. The molecule has 1 heterocycles. The first kappa shape index (κ1) is 12.8. The van der Waals surface area contributed by atoms with Gasteiger partial charge in [0.1, 0.15) is 0 Å². The van der Waals surface area contributed by atoms with E-state index in [1.54, 1.807) is 0 Å². The van der Waals surface area contributed by atoms with E-state index in [-0.39, 0.29) is 11.8 Å². The lowest BCUT2D eigenvalue weighted by molar-refractivity contribution is -0.124. The van der Waals surface area contributed by atoms with E-state index >= 15 is 0 Å². The Balaban J connectivity index is 1.46. The summed E-state index contributed by atoms with van der Waals surface area (Å²) in [4.78, 5) is 11.7. The first-order valence-electron chi connectivity index (χ1n) is 6.96. The fourth-order valence-corrected chi connectivity index (χ4v) is 2.61. The molecule has 4 nitrogen and oxygen atoms in total. The van der Waals surface area contributed by atoms with Gasteiger partial charge in [-0.3, -0.25) is 4.79 Å². The van der Waals surface area contributed by atoms with Crippen LogP contribution in [-0.2, 0) is 9.53 Å². The van der Waals surface area contributed by atoms with E-state index in [4.69, 9.17) is 4.74 Å². The van der Waals surface area contributed by atoms with Crippen LogP contribution >= 0.6 is 0 Å². The predicted molar refractivity (Wildman–Crippen MR) is 66.8 cm³/mol. The highest BCUT2D eigenvalue weighted by molar-refractivity contribution is 5.79. The second-order valence-corrected chi connectivity index (χ2v) is 5.11. The zero-order valence-corrected chi connectivity index (χ0v) is 10.5. The number of carbonyl (C=O) groups is 1. The van der Waals surface area contributed by atoms with Crippen LogP contribution in [0.15, 0.2) is 0 Å². The van der Waals surface area contributed by atoms with Gasteiger partial charge in [-0.15, -0.1) is 0 Å². The van der Waals surface area contributed by atoms with Crippen molar-refractivity contribution in [2.45, 2.75) is 44.6 Å². The summed E-state index contributed by atoms with van der Waals surface area (Å²) in [6.45, 7) is 3.35. The van der Waals surface area contributed by atoms with E-state index in [0.717, 1.165) is 39.1 Å². The van der Waals surface area contributed by atoms with Crippen molar-refractivity contribution in [2.24, 2.45) is 5.92 Å². The van der Waals surface area contributed by atoms with Crippen LogP contribution in [0.2, 0.25) is 0 Å². The molecular weight excluding hydrogens is 216 g/mol. The molecule has 0 spiro atoms. The first-order chi connectivity index (χ1) is 8.36. The molecule has 1 aliphatic heterocycles. The predicted octanol–water partition coefficient (Wildman–Crippen LogP) is 1.06. The van der Waals surface area contributed by atoms with Crippen molar-refractivity contribution in [1.29, 1.82) is 0 Å². The highest BCUT2D eigenvalue weighted by atomic mass is 16.5. The molecule has 0 aromatic rings. The summed E-state index contributed by atoms with van der Waals surface area (Å²) in [5, 5.41) is 6.20. The molecule has 98 valence electrons. The van der Waals surface area contributed by atoms with Gasteiger partial charge in [0, 0.05) is 19.7 Å². The Kier molecular flexibility index (Phi) is 5.26. The number of nitrogens with one attached hydrogen (secondary N) is 2. The molecule has 2 fully saturated rings. The van der Waals surface area contributed by atoms with Crippen molar-refractivity contribution in [2.75, 3.05) is 26.2 Å². The molecule has 1 saturated carbocycles. The van der Waals surface area contributed by atoms with E-state index in [1.807, 2.05) is 0 Å². The van der Waals surface area contributed by atoms with Crippen molar-refractivity contribution in [3.63, 3.8) is 0 Å². The van der Waals surface area contributed by atoms with E-state index in [1.165, 1.54) is 25.7 Å². The summed E-state index contributed by atoms with van der Waals surface area (Å²) in [6.07, 6.45) is 7.48. The third-order valence-electron chi connectivity index (χ3n) is 3.71. The van der Waals surface area contributed by atoms with Crippen LogP contribution < -0.4 is 10.6 Å². The number of hydrogen-bond acceptors (Lipinski definition) is 3. The molecule has 1 aliphatic carbocycles. The fraction of sp³-hybridized carbons (Fsp3) is 0.923. The highest BCUT2D eigenvalue weighted by Crippen LogP contribution is 2.20. The molecular formula is C13H24N2O2. The fourth-order valence-electron chi connectivity index (χ4n) is 2.61. The standard InChI is InChI=1S/C13H24N2O2/c16-13(11-6-8-14-10-11)15-7-3-9-17-12-4-1-2-5-12/h11-12,14H,1-10H2,(H,15,16). The molecule has 2 N–H and O–H groups in total. The molecule has 0 aromatic heterocycles. The number of hydrogen-bond donors (Lipinski definition) is 2. The van der Waals surface area contributed by atoms with E-state index in [0.29, 0.717) is 6.10 Å². The summed E-state index contributed by atoms with van der Waals surface area (Å²) in [6, 6.07) is 0. The maximum Gasteiger partial charge on any atom is 0.224 e. The Labute approximate surface area is 103 Å². The molecule has 2 aliphatic rings. The van der Waals surface area contributed by atoms with Gasteiger partial charge >= 0.3 is 0 Å². The van der Waals surface area contributed by atoms with Crippen LogP contribution in [0, 0.1) is 5.92 Å². The minimum absolute atomic E-state index is 0.186. The van der Waals surface area contributed by atoms with Crippen molar-refractivity contribution in [3.8, 4) is 0 Å². The van der Waals surface area contributed by atoms with E-state index in [2.05, 4.69) is 10.6 Å². The monoisotopic (exact) mass is 240 g/mol. The molecule has 1 unspecified atom stereocenters. The summed E-state index contributed by atoms with van der Waals surface area (Å²) in [7, 11) is 0. The topological polar surface area (TPSA) is 50.4 Å². The third-order valence-corrected chi connectivity index (χ3v) is 3.71. The Morgan fingerprint density at radius 2 is 2.12 bits per heavy atom. The van der Waals surface area contributed by atoms with E-state index < -0.39 is 0 Å². The van der Waals surface area contributed by atoms with Crippen molar-refractivity contribution in [1.82, 2.24) is 10.6 Å². The van der Waals surface area contributed by atoms with Gasteiger partial charge in [-0.25, -0.2) is 0 Å².